The van der Waals surface area contributed by atoms with Gasteiger partial charge in [0.15, 0.2) is 0 Å². The molecule has 0 aliphatic heterocycles. The summed E-state index contributed by atoms with van der Waals surface area (Å²) in [6.45, 7) is 0. The van der Waals surface area contributed by atoms with Crippen molar-refractivity contribution in [2.45, 2.75) is 30.2 Å². The Bertz CT molecular complexity index is 1130. The molecule has 1 aliphatic carbocycles. The predicted molar refractivity (Wildman–Crippen MR) is 109 cm³/mol. The average Bonchev–Trinajstić information content (AvgIpc) is 3.17. The number of likely N-dealkylation sites (N-methyl/N-ethyl adjacent to an activating group) is 1. The molecule has 1 aromatic heterocycles. The quantitative estimate of drug-likeness (QED) is 0.713. The van der Waals surface area contributed by atoms with E-state index in [1.165, 1.54) is 3.97 Å². The molecule has 0 spiro atoms. The van der Waals surface area contributed by atoms with Crippen LogP contribution < -0.4 is 14.8 Å². The van der Waals surface area contributed by atoms with Gasteiger partial charge in [-0.15, -0.1) is 0 Å². The van der Waals surface area contributed by atoms with Crippen molar-refractivity contribution in [2.24, 2.45) is 0 Å². The molecule has 0 bridgehead atoms. The van der Waals surface area contributed by atoms with Crippen molar-refractivity contribution in [3.8, 4) is 11.5 Å². The molecule has 7 heteroatoms. The summed E-state index contributed by atoms with van der Waals surface area (Å²) in [5.41, 5.74) is 2.44. The lowest BCUT2D eigenvalue weighted by Crippen LogP contribution is -2.32. The van der Waals surface area contributed by atoms with Gasteiger partial charge in [-0.1, -0.05) is 6.07 Å². The van der Waals surface area contributed by atoms with E-state index in [2.05, 4.69) is 5.32 Å². The molecule has 0 saturated carbocycles. The summed E-state index contributed by atoms with van der Waals surface area (Å²) >= 11 is 0. The Morgan fingerprint density at radius 1 is 1.04 bits per heavy atom. The minimum atomic E-state index is -3.75. The first-order valence-corrected chi connectivity index (χ1v) is 10.7. The lowest BCUT2D eigenvalue weighted by molar-refractivity contribution is 0.397. The van der Waals surface area contributed by atoms with Gasteiger partial charge in [0.1, 0.15) is 11.5 Å². The van der Waals surface area contributed by atoms with Crippen LogP contribution >= 0.6 is 0 Å². The zero-order chi connectivity index (χ0) is 19.9. The Kier molecular flexibility index (Phi) is 4.81. The number of methoxy groups -OCH3 is 2. The Morgan fingerprint density at radius 2 is 1.82 bits per heavy atom. The number of hydrogen-bond donors (Lipinski definition) is 1. The average molecular weight is 401 g/mol. The van der Waals surface area contributed by atoms with Gasteiger partial charge in [0.05, 0.1) is 24.6 Å². The van der Waals surface area contributed by atoms with E-state index in [0.717, 1.165) is 35.1 Å². The van der Waals surface area contributed by atoms with Crippen LogP contribution in [0, 0.1) is 0 Å². The van der Waals surface area contributed by atoms with E-state index in [9.17, 15) is 8.42 Å². The Morgan fingerprint density at radius 3 is 2.54 bits per heavy atom. The summed E-state index contributed by atoms with van der Waals surface area (Å²) in [6.07, 6.45) is 3.92. The minimum absolute atomic E-state index is 0.316. The first-order valence-electron chi connectivity index (χ1n) is 9.27. The Hall–Kier alpha value is -2.51. The molecule has 2 aromatic carbocycles. The second-order valence-corrected chi connectivity index (χ2v) is 8.74. The van der Waals surface area contributed by atoms with Crippen LogP contribution in [0.5, 0.6) is 11.5 Å². The van der Waals surface area contributed by atoms with Crippen LogP contribution in [0.1, 0.15) is 17.5 Å². The van der Waals surface area contributed by atoms with E-state index in [-0.39, 0.29) is 0 Å². The third kappa shape index (κ3) is 2.86. The molecule has 1 aliphatic rings. The van der Waals surface area contributed by atoms with E-state index >= 15 is 0 Å². The first-order chi connectivity index (χ1) is 13.5. The van der Waals surface area contributed by atoms with E-state index in [1.54, 1.807) is 50.7 Å². The molecule has 0 saturated heterocycles. The second kappa shape index (κ2) is 7.14. The number of benzene rings is 2. The highest BCUT2D eigenvalue weighted by molar-refractivity contribution is 7.90. The maximum absolute atomic E-state index is 13.6. The van der Waals surface area contributed by atoms with Crippen LogP contribution in [-0.4, -0.2) is 39.7 Å². The predicted octanol–water partition coefficient (Wildman–Crippen LogP) is 2.97. The summed E-state index contributed by atoms with van der Waals surface area (Å²) in [5, 5.41) is 4.06. The largest absolute Gasteiger partial charge is 0.496 e. The van der Waals surface area contributed by atoms with E-state index in [4.69, 9.17) is 9.47 Å². The molecular weight excluding hydrogens is 376 g/mol. The molecule has 28 heavy (non-hydrogen) atoms. The summed E-state index contributed by atoms with van der Waals surface area (Å²) in [6, 6.07) is 10.9. The molecule has 4 rings (SSSR count). The molecule has 148 valence electrons. The van der Waals surface area contributed by atoms with Gasteiger partial charge in [-0.05, 0) is 62.2 Å². The summed E-state index contributed by atoms with van der Waals surface area (Å²) in [5.74, 6) is 1.40. The third-order valence-electron chi connectivity index (χ3n) is 5.58. The van der Waals surface area contributed by atoms with Crippen molar-refractivity contribution in [3.05, 3.63) is 53.7 Å². The smallest absolute Gasteiger partial charge is 0.268 e. The van der Waals surface area contributed by atoms with E-state index in [1.807, 2.05) is 13.1 Å². The number of ether oxygens (including phenoxy) is 2. The zero-order valence-corrected chi connectivity index (χ0v) is 17.0. The van der Waals surface area contributed by atoms with Gasteiger partial charge in [0, 0.05) is 23.2 Å². The van der Waals surface area contributed by atoms with Crippen molar-refractivity contribution in [1.29, 1.82) is 0 Å². The maximum atomic E-state index is 13.6. The van der Waals surface area contributed by atoms with Gasteiger partial charge in [-0.3, -0.25) is 0 Å². The molecule has 0 unspecified atom stereocenters. The molecular formula is C21H24N2O4S. The van der Waals surface area contributed by atoms with Crippen molar-refractivity contribution in [2.75, 3.05) is 21.3 Å². The molecule has 0 amide bonds. The van der Waals surface area contributed by atoms with E-state index in [0.29, 0.717) is 28.6 Å². The summed E-state index contributed by atoms with van der Waals surface area (Å²) < 4.78 is 39.4. The van der Waals surface area contributed by atoms with Crippen LogP contribution in [0.15, 0.2) is 47.5 Å². The summed E-state index contributed by atoms with van der Waals surface area (Å²) in [7, 11) is 1.39. The van der Waals surface area contributed by atoms with Gasteiger partial charge >= 0.3 is 0 Å². The number of rotatable bonds is 5. The second-order valence-electron chi connectivity index (χ2n) is 6.96. The molecule has 3 aromatic rings. The molecule has 1 atom stereocenters. The molecule has 0 fully saturated rings. The van der Waals surface area contributed by atoms with Crippen LogP contribution in [0.4, 0.5) is 0 Å². The van der Waals surface area contributed by atoms with Gasteiger partial charge in [-0.25, -0.2) is 12.4 Å². The fraction of sp³-hybridized carbons (Fsp3) is 0.333. The fourth-order valence-electron chi connectivity index (χ4n) is 4.10. The topological polar surface area (TPSA) is 69.6 Å². The zero-order valence-electron chi connectivity index (χ0n) is 16.2. The Balaban J connectivity index is 1.90. The number of hydrogen-bond acceptors (Lipinski definition) is 5. The van der Waals surface area contributed by atoms with Crippen LogP contribution in [0.25, 0.3) is 10.9 Å². The summed E-state index contributed by atoms with van der Waals surface area (Å²) in [4.78, 5) is 0.346. The van der Waals surface area contributed by atoms with Gasteiger partial charge < -0.3 is 14.8 Å². The lowest BCUT2D eigenvalue weighted by atomic mass is 9.87. The standard InChI is InChI=1S/C21H24N2O4S/c1-22-14-7-8-15-17(13-14)20(27-3)9-10-21(15)28(24,25)23-12-11-16-18(23)5-4-6-19(16)26-2/h4-6,9-12,14,22H,7-8,13H2,1-3H3/t14-/m0/s1. The number of fused-ring (bicyclic) bond motifs is 2. The van der Waals surface area contributed by atoms with Crippen molar-refractivity contribution >= 4 is 20.9 Å². The van der Waals surface area contributed by atoms with Crippen molar-refractivity contribution < 1.29 is 17.9 Å². The van der Waals surface area contributed by atoms with Crippen LogP contribution in [0.2, 0.25) is 0 Å². The van der Waals surface area contributed by atoms with Gasteiger partial charge in [-0.2, -0.15) is 0 Å². The SMILES string of the molecule is CN[C@H]1CCc2c(S(=O)(=O)n3ccc4c(OC)cccc43)ccc(OC)c2C1. The highest BCUT2D eigenvalue weighted by Crippen LogP contribution is 2.36. The van der Waals surface area contributed by atoms with E-state index < -0.39 is 10.0 Å². The molecule has 1 N–H and O–H groups in total. The molecule has 1 heterocycles. The Labute approximate surface area is 165 Å². The minimum Gasteiger partial charge on any atom is -0.496 e. The van der Waals surface area contributed by atoms with Gasteiger partial charge in [0.25, 0.3) is 10.0 Å². The normalized spacial score (nSPS) is 16.8. The monoisotopic (exact) mass is 400 g/mol. The van der Waals surface area contributed by atoms with Crippen molar-refractivity contribution in [3.63, 3.8) is 0 Å². The maximum Gasteiger partial charge on any atom is 0.268 e. The highest BCUT2D eigenvalue weighted by atomic mass is 32.2. The lowest BCUT2D eigenvalue weighted by Gasteiger charge is -2.27. The van der Waals surface area contributed by atoms with Crippen LogP contribution in [-0.2, 0) is 22.9 Å². The van der Waals surface area contributed by atoms with Gasteiger partial charge in [0.2, 0.25) is 0 Å². The number of nitrogens with one attached hydrogen (secondary N) is 1. The van der Waals surface area contributed by atoms with Crippen molar-refractivity contribution in [1.82, 2.24) is 9.29 Å². The molecule has 6 nitrogen and oxygen atoms in total. The molecule has 0 radical (unpaired) electrons. The van der Waals surface area contributed by atoms with Crippen LogP contribution in [0.3, 0.4) is 0 Å². The third-order valence-corrected chi connectivity index (χ3v) is 7.36. The number of aromatic nitrogens is 1. The highest BCUT2D eigenvalue weighted by Gasteiger charge is 2.29. The fourth-order valence-corrected chi connectivity index (χ4v) is 5.73. The number of nitrogens with zero attached hydrogens (tertiary/aromatic N) is 1. The first kappa shape index (κ1) is 18.8.